The van der Waals surface area contributed by atoms with Crippen LogP contribution in [0.4, 0.5) is 4.39 Å². The van der Waals surface area contributed by atoms with E-state index in [9.17, 15) is 9.18 Å². The first-order valence-electron chi connectivity index (χ1n) is 6.14. The minimum absolute atomic E-state index is 0.0294. The second-order valence-corrected chi connectivity index (χ2v) is 4.08. The van der Waals surface area contributed by atoms with E-state index in [0.29, 0.717) is 16.7 Å². The van der Waals surface area contributed by atoms with Gasteiger partial charge in [0.25, 0.3) is 5.91 Å². The second kappa shape index (κ2) is 7.12. The number of hydrogen-bond donors (Lipinski definition) is 2. The molecule has 0 saturated heterocycles. The molecule has 1 amide bonds. The van der Waals surface area contributed by atoms with Gasteiger partial charge in [0.05, 0.1) is 18.0 Å². The molecule has 21 heavy (non-hydrogen) atoms. The van der Waals surface area contributed by atoms with Crippen LogP contribution in [0.25, 0.3) is 0 Å². The van der Waals surface area contributed by atoms with Crippen molar-refractivity contribution in [2.24, 2.45) is 0 Å². The summed E-state index contributed by atoms with van der Waals surface area (Å²) in [7, 11) is 0. The van der Waals surface area contributed by atoms with Gasteiger partial charge in [-0.3, -0.25) is 4.79 Å². The molecule has 0 aliphatic heterocycles. The highest BCUT2D eigenvalue weighted by atomic mass is 19.1. The molecule has 0 saturated carbocycles. The van der Waals surface area contributed by atoms with Crippen molar-refractivity contribution >= 4 is 5.91 Å². The van der Waals surface area contributed by atoms with E-state index < -0.39 is 5.82 Å². The zero-order chi connectivity index (χ0) is 15.1. The molecule has 0 aliphatic carbocycles. The molecular formula is C15H12FN3O2. The molecule has 2 rings (SSSR count). The summed E-state index contributed by atoms with van der Waals surface area (Å²) in [4.78, 5) is 11.8. The van der Waals surface area contributed by atoms with Crippen LogP contribution >= 0.6 is 0 Å². The van der Waals surface area contributed by atoms with Gasteiger partial charge in [-0.15, -0.1) is 0 Å². The summed E-state index contributed by atoms with van der Waals surface area (Å²) in [5.41, 5.74) is 1.23. The maximum absolute atomic E-state index is 13.7. The first kappa shape index (κ1) is 14.6. The normalized spacial score (nSPS) is 9.62. The summed E-state index contributed by atoms with van der Waals surface area (Å²) in [5, 5.41) is 18.4. The summed E-state index contributed by atoms with van der Waals surface area (Å²) in [6.45, 7) is -0.236. The number of aliphatic hydroxyl groups excluding tert-OH is 1. The molecule has 5 nitrogen and oxygen atoms in total. The number of hydrogen-bond acceptors (Lipinski definition) is 4. The molecule has 106 valence electrons. The number of amides is 1. The standard InChI is InChI=1S/C15H12FN3O2/c16-14-4-3-11(2-1-7-20)8-13(14)9-17-15(21)12-5-6-18-19-10-12/h3-6,8,10,20H,7,9H2,(H,17,21). The van der Waals surface area contributed by atoms with Crippen LogP contribution in [0.3, 0.4) is 0 Å². The SMILES string of the molecule is O=C(NCc1cc(C#CCO)ccc1F)c1ccnnc1. The number of aromatic nitrogens is 2. The monoisotopic (exact) mass is 285 g/mol. The Morgan fingerprint density at radius 2 is 2.19 bits per heavy atom. The summed E-state index contributed by atoms with van der Waals surface area (Å²) in [6, 6.07) is 5.83. The van der Waals surface area contributed by atoms with E-state index in [4.69, 9.17) is 5.11 Å². The lowest BCUT2D eigenvalue weighted by Crippen LogP contribution is -2.23. The quantitative estimate of drug-likeness (QED) is 0.821. The number of benzene rings is 1. The third-order valence-electron chi connectivity index (χ3n) is 2.64. The van der Waals surface area contributed by atoms with Crippen LogP contribution in [-0.2, 0) is 6.54 Å². The lowest BCUT2D eigenvalue weighted by atomic mass is 10.1. The fourth-order valence-electron chi connectivity index (χ4n) is 1.63. The smallest absolute Gasteiger partial charge is 0.253 e. The van der Waals surface area contributed by atoms with Crippen molar-refractivity contribution in [3.05, 3.63) is 59.2 Å². The second-order valence-electron chi connectivity index (χ2n) is 4.08. The van der Waals surface area contributed by atoms with Gasteiger partial charge in [-0.1, -0.05) is 11.8 Å². The first-order valence-corrected chi connectivity index (χ1v) is 6.14. The first-order chi connectivity index (χ1) is 10.2. The largest absolute Gasteiger partial charge is 0.384 e. The molecule has 0 unspecified atom stereocenters. The number of carbonyl (C=O) groups excluding carboxylic acids is 1. The van der Waals surface area contributed by atoms with Crippen molar-refractivity contribution in [2.45, 2.75) is 6.54 Å². The van der Waals surface area contributed by atoms with Gasteiger partial charge in [0.2, 0.25) is 0 Å². The van der Waals surface area contributed by atoms with Gasteiger partial charge in [-0.25, -0.2) is 4.39 Å². The van der Waals surface area contributed by atoms with Crippen LogP contribution in [0, 0.1) is 17.7 Å². The Kier molecular flexibility index (Phi) is 4.96. The zero-order valence-electron chi connectivity index (χ0n) is 11.0. The van der Waals surface area contributed by atoms with Crippen LogP contribution in [0.15, 0.2) is 36.7 Å². The lowest BCUT2D eigenvalue weighted by molar-refractivity contribution is 0.0950. The number of rotatable bonds is 3. The van der Waals surface area contributed by atoms with Crippen LogP contribution in [0.1, 0.15) is 21.5 Å². The van der Waals surface area contributed by atoms with Crippen LogP contribution in [-0.4, -0.2) is 27.8 Å². The molecule has 0 bridgehead atoms. The Morgan fingerprint density at radius 1 is 1.33 bits per heavy atom. The Bertz CT molecular complexity index is 693. The van der Waals surface area contributed by atoms with Crippen molar-refractivity contribution in [1.82, 2.24) is 15.5 Å². The number of aliphatic hydroxyl groups is 1. The van der Waals surface area contributed by atoms with Crippen LogP contribution in [0.5, 0.6) is 0 Å². The number of nitrogens with one attached hydrogen (secondary N) is 1. The Morgan fingerprint density at radius 3 is 2.90 bits per heavy atom. The van der Waals surface area contributed by atoms with Gasteiger partial charge in [0.1, 0.15) is 12.4 Å². The zero-order valence-corrected chi connectivity index (χ0v) is 11.0. The summed E-state index contributed by atoms with van der Waals surface area (Å²) in [5.74, 6) is 4.37. The highest BCUT2D eigenvalue weighted by molar-refractivity contribution is 5.93. The van der Waals surface area contributed by atoms with Crippen molar-refractivity contribution < 1.29 is 14.3 Å². The van der Waals surface area contributed by atoms with Gasteiger partial charge < -0.3 is 10.4 Å². The average Bonchev–Trinajstić information content (AvgIpc) is 2.53. The summed E-state index contributed by atoms with van der Waals surface area (Å²) in [6.07, 6.45) is 2.73. The number of carbonyl (C=O) groups is 1. The lowest BCUT2D eigenvalue weighted by Gasteiger charge is -2.06. The summed E-state index contributed by atoms with van der Waals surface area (Å²) >= 11 is 0. The van der Waals surface area contributed by atoms with E-state index in [0.717, 1.165) is 0 Å². The molecular weight excluding hydrogens is 273 g/mol. The minimum atomic E-state index is -0.433. The molecule has 0 spiro atoms. The van der Waals surface area contributed by atoms with Gasteiger partial charge in [0.15, 0.2) is 0 Å². The van der Waals surface area contributed by atoms with Gasteiger partial charge in [-0.2, -0.15) is 10.2 Å². The maximum Gasteiger partial charge on any atom is 0.253 e. The van der Waals surface area contributed by atoms with Crippen molar-refractivity contribution in [3.8, 4) is 11.8 Å². The van der Waals surface area contributed by atoms with Gasteiger partial charge >= 0.3 is 0 Å². The van der Waals surface area contributed by atoms with E-state index in [2.05, 4.69) is 27.4 Å². The van der Waals surface area contributed by atoms with Crippen LogP contribution < -0.4 is 5.32 Å². The highest BCUT2D eigenvalue weighted by Crippen LogP contribution is 2.10. The number of nitrogens with zero attached hydrogens (tertiary/aromatic N) is 2. The van der Waals surface area contributed by atoms with E-state index in [-0.39, 0.29) is 19.1 Å². The fourth-order valence-corrected chi connectivity index (χ4v) is 1.63. The van der Waals surface area contributed by atoms with Gasteiger partial charge in [-0.05, 0) is 24.3 Å². The predicted molar refractivity (Wildman–Crippen MR) is 73.6 cm³/mol. The third kappa shape index (κ3) is 4.09. The van der Waals surface area contributed by atoms with Crippen molar-refractivity contribution in [2.75, 3.05) is 6.61 Å². The maximum atomic E-state index is 13.7. The molecule has 2 aromatic rings. The third-order valence-corrected chi connectivity index (χ3v) is 2.64. The van der Waals surface area contributed by atoms with Crippen LogP contribution in [0.2, 0.25) is 0 Å². The van der Waals surface area contributed by atoms with E-state index in [1.807, 2.05) is 0 Å². The molecule has 1 aromatic heterocycles. The molecule has 0 aliphatic rings. The predicted octanol–water partition coefficient (Wildman–Crippen LogP) is 0.889. The average molecular weight is 285 g/mol. The molecule has 0 fully saturated rings. The molecule has 1 aromatic carbocycles. The molecule has 2 N–H and O–H groups in total. The van der Waals surface area contributed by atoms with E-state index >= 15 is 0 Å². The molecule has 0 atom stereocenters. The topological polar surface area (TPSA) is 75.1 Å². The Balaban J connectivity index is 2.07. The minimum Gasteiger partial charge on any atom is -0.384 e. The van der Waals surface area contributed by atoms with Crippen molar-refractivity contribution in [1.29, 1.82) is 0 Å². The van der Waals surface area contributed by atoms with Gasteiger partial charge in [0, 0.05) is 17.7 Å². The highest BCUT2D eigenvalue weighted by Gasteiger charge is 2.08. The Hall–Kier alpha value is -2.78. The van der Waals surface area contributed by atoms with Crippen molar-refractivity contribution in [3.63, 3.8) is 0 Å². The van der Waals surface area contributed by atoms with E-state index in [1.165, 1.54) is 36.7 Å². The Labute approximate surface area is 120 Å². The molecule has 0 radical (unpaired) electrons. The fraction of sp³-hybridized carbons (Fsp3) is 0.133. The number of halogens is 1. The van der Waals surface area contributed by atoms with E-state index in [1.54, 1.807) is 0 Å². The summed E-state index contributed by atoms with van der Waals surface area (Å²) < 4.78 is 13.7. The molecule has 6 heteroatoms. The molecule has 1 heterocycles.